The van der Waals surface area contributed by atoms with Crippen LogP contribution in [0.1, 0.15) is 24.8 Å². The third-order valence-corrected chi connectivity index (χ3v) is 8.31. The molecule has 3 rings (SSSR count). The number of hydrogen-bond donors (Lipinski definition) is 2. The van der Waals surface area contributed by atoms with E-state index in [0.717, 1.165) is 25.6 Å². The summed E-state index contributed by atoms with van der Waals surface area (Å²) < 4.78 is 65.3. The largest absolute Gasteiger partial charge is 0.327 e. The first kappa shape index (κ1) is 24.8. The Bertz CT molecular complexity index is 1140. The fraction of sp³-hybridized carbons (Fsp3) is 0.455. The first-order valence-electron chi connectivity index (χ1n) is 10.6. The van der Waals surface area contributed by atoms with Gasteiger partial charge in [-0.15, -0.1) is 0 Å². The molecule has 3 N–H and O–H groups in total. The summed E-state index contributed by atoms with van der Waals surface area (Å²) in [4.78, 5) is 2.10. The van der Waals surface area contributed by atoms with E-state index >= 15 is 0 Å². The molecule has 2 atom stereocenters. The number of benzene rings is 2. The summed E-state index contributed by atoms with van der Waals surface area (Å²) in [5.74, 6) is -0.253. The molecule has 1 aliphatic rings. The molecule has 0 bridgehead atoms. The Kier molecular flexibility index (Phi) is 8.05. The number of rotatable bonds is 10. The highest BCUT2D eigenvalue weighted by atomic mass is 32.2. The number of nitrogens with one attached hydrogen (secondary N) is 1. The van der Waals surface area contributed by atoms with Gasteiger partial charge in [0.05, 0.1) is 9.79 Å². The molecule has 10 heteroatoms. The number of nitrogens with two attached hydrogens (primary N) is 1. The van der Waals surface area contributed by atoms with Gasteiger partial charge in [-0.1, -0.05) is 24.3 Å². The zero-order valence-corrected chi connectivity index (χ0v) is 19.7. The van der Waals surface area contributed by atoms with E-state index in [9.17, 15) is 21.2 Å². The van der Waals surface area contributed by atoms with Crippen molar-refractivity contribution in [3.05, 3.63) is 59.9 Å². The molecule has 1 saturated heterocycles. The van der Waals surface area contributed by atoms with Gasteiger partial charge in [0.15, 0.2) is 9.84 Å². The van der Waals surface area contributed by atoms with Crippen molar-refractivity contribution in [2.45, 2.75) is 47.6 Å². The summed E-state index contributed by atoms with van der Waals surface area (Å²) in [6.45, 7) is 1.78. The number of sulfone groups is 1. The Morgan fingerprint density at radius 3 is 2.56 bits per heavy atom. The Morgan fingerprint density at radius 1 is 1.12 bits per heavy atom. The maximum absolute atomic E-state index is 13.8. The first-order valence-corrected chi connectivity index (χ1v) is 14.0. The highest BCUT2D eigenvalue weighted by Gasteiger charge is 2.27. The van der Waals surface area contributed by atoms with Crippen molar-refractivity contribution < 1.29 is 21.2 Å². The topological polar surface area (TPSA) is 110 Å². The second-order valence-electron chi connectivity index (χ2n) is 8.28. The third kappa shape index (κ3) is 6.58. The van der Waals surface area contributed by atoms with Crippen LogP contribution in [0.5, 0.6) is 0 Å². The van der Waals surface area contributed by atoms with E-state index in [1.165, 1.54) is 30.3 Å². The minimum absolute atomic E-state index is 0.0310. The highest BCUT2D eigenvalue weighted by molar-refractivity contribution is 7.91. The summed E-state index contributed by atoms with van der Waals surface area (Å²) in [6.07, 6.45) is 3.98. The third-order valence-electron chi connectivity index (χ3n) is 5.78. The first-order chi connectivity index (χ1) is 15.1. The van der Waals surface area contributed by atoms with Gasteiger partial charge in [0.25, 0.3) is 0 Å². The molecule has 0 saturated carbocycles. The van der Waals surface area contributed by atoms with E-state index in [2.05, 4.69) is 9.62 Å². The van der Waals surface area contributed by atoms with Gasteiger partial charge in [-0.2, -0.15) is 0 Å². The summed E-state index contributed by atoms with van der Waals surface area (Å²) in [5, 5.41) is 0. The van der Waals surface area contributed by atoms with Crippen molar-refractivity contribution in [3.8, 4) is 0 Å². The number of likely N-dealkylation sites (tertiary alicyclic amines) is 1. The smallest absolute Gasteiger partial charge is 0.240 e. The minimum atomic E-state index is -3.84. The molecular formula is C22H30FN3O4S2. The number of sulfonamides is 1. The predicted octanol–water partition coefficient (Wildman–Crippen LogP) is 1.93. The standard InChI is InChI=1S/C22H30FN3O4S2/c1-31(27,28)20-8-4-9-21(15-20)32(29,30)25-16-19-7-5-12-26(19)13-11-18(24)14-17-6-2-3-10-22(17)23/h2-4,6,8-10,15,18-19,25H,5,7,11-14,16,24H2,1H3/t18-,19-/m0/s1. The van der Waals surface area contributed by atoms with Crippen LogP contribution in [0.25, 0.3) is 0 Å². The van der Waals surface area contributed by atoms with Gasteiger partial charge in [-0.05, 0) is 68.6 Å². The number of halogens is 1. The quantitative estimate of drug-likeness (QED) is 0.535. The molecule has 0 aromatic heterocycles. The monoisotopic (exact) mass is 483 g/mol. The lowest BCUT2D eigenvalue weighted by molar-refractivity contribution is 0.244. The Labute approximate surface area is 189 Å². The van der Waals surface area contributed by atoms with E-state index < -0.39 is 19.9 Å². The van der Waals surface area contributed by atoms with Gasteiger partial charge in [0.1, 0.15) is 5.82 Å². The molecule has 32 heavy (non-hydrogen) atoms. The Morgan fingerprint density at radius 2 is 1.84 bits per heavy atom. The molecule has 2 aromatic rings. The summed E-state index contributed by atoms with van der Waals surface area (Å²) >= 11 is 0. The molecular weight excluding hydrogens is 453 g/mol. The zero-order chi connectivity index (χ0) is 23.4. The predicted molar refractivity (Wildman–Crippen MR) is 122 cm³/mol. The summed E-state index contributed by atoms with van der Waals surface area (Å²) in [7, 11) is -7.34. The fourth-order valence-electron chi connectivity index (χ4n) is 3.96. The zero-order valence-electron chi connectivity index (χ0n) is 18.1. The van der Waals surface area contributed by atoms with Crippen molar-refractivity contribution in [2.24, 2.45) is 5.73 Å². The average Bonchev–Trinajstić information content (AvgIpc) is 3.19. The number of hydrogen-bond acceptors (Lipinski definition) is 6. The fourth-order valence-corrected chi connectivity index (χ4v) is 5.82. The van der Waals surface area contributed by atoms with Crippen molar-refractivity contribution in [3.63, 3.8) is 0 Å². The van der Waals surface area contributed by atoms with E-state index in [1.54, 1.807) is 18.2 Å². The minimum Gasteiger partial charge on any atom is -0.327 e. The summed E-state index contributed by atoms with van der Waals surface area (Å²) in [6, 6.07) is 11.8. The lowest BCUT2D eigenvalue weighted by Gasteiger charge is -2.26. The normalized spacial score (nSPS) is 18.7. The second kappa shape index (κ2) is 10.4. The van der Waals surface area contributed by atoms with Crippen LogP contribution in [0.15, 0.2) is 58.3 Å². The van der Waals surface area contributed by atoms with Gasteiger partial charge < -0.3 is 5.73 Å². The van der Waals surface area contributed by atoms with Crippen LogP contribution in [0, 0.1) is 5.82 Å². The van der Waals surface area contributed by atoms with Crippen LogP contribution in [0.3, 0.4) is 0 Å². The molecule has 2 aromatic carbocycles. The number of nitrogens with zero attached hydrogens (tertiary/aromatic N) is 1. The lowest BCUT2D eigenvalue weighted by Crippen LogP contribution is -2.42. The maximum Gasteiger partial charge on any atom is 0.240 e. The molecule has 0 unspecified atom stereocenters. The van der Waals surface area contributed by atoms with Crippen molar-refractivity contribution in [2.75, 3.05) is 25.9 Å². The molecule has 176 valence electrons. The Balaban J connectivity index is 1.55. The van der Waals surface area contributed by atoms with Gasteiger partial charge in [0.2, 0.25) is 10.0 Å². The van der Waals surface area contributed by atoms with Crippen LogP contribution < -0.4 is 10.5 Å². The molecule has 0 amide bonds. The molecule has 0 radical (unpaired) electrons. The van der Waals surface area contributed by atoms with Gasteiger partial charge in [0, 0.05) is 24.9 Å². The molecule has 1 fully saturated rings. The molecule has 0 spiro atoms. The Hall–Kier alpha value is -1.85. The van der Waals surface area contributed by atoms with Crippen LogP contribution in [0.2, 0.25) is 0 Å². The molecule has 7 nitrogen and oxygen atoms in total. The van der Waals surface area contributed by atoms with Crippen LogP contribution in [-0.4, -0.2) is 59.7 Å². The molecule has 1 aliphatic heterocycles. The second-order valence-corrected chi connectivity index (χ2v) is 12.1. The maximum atomic E-state index is 13.8. The van der Waals surface area contributed by atoms with Crippen molar-refractivity contribution in [1.29, 1.82) is 0 Å². The van der Waals surface area contributed by atoms with Crippen LogP contribution in [-0.2, 0) is 26.3 Å². The van der Waals surface area contributed by atoms with Crippen molar-refractivity contribution >= 4 is 19.9 Å². The van der Waals surface area contributed by atoms with Crippen LogP contribution >= 0.6 is 0 Å². The van der Waals surface area contributed by atoms with Gasteiger partial charge in [-0.25, -0.2) is 25.9 Å². The van der Waals surface area contributed by atoms with Gasteiger partial charge >= 0.3 is 0 Å². The highest BCUT2D eigenvalue weighted by Crippen LogP contribution is 2.20. The van der Waals surface area contributed by atoms with E-state index in [0.29, 0.717) is 24.9 Å². The summed E-state index contributed by atoms with van der Waals surface area (Å²) in [5.41, 5.74) is 6.81. The van der Waals surface area contributed by atoms with Crippen molar-refractivity contribution in [1.82, 2.24) is 9.62 Å². The van der Waals surface area contributed by atoms with E-state index in [-0.39, 0.29) is 34.2 Å². The molecule has 0 aliphatic carbocycles. The van der Waals surface area contributed by atoms with Gasteiger partial charge in [-0.3, -0.25) is 4.90 Å². The SMILES string of the molecule is CS(=O)(=O)c1cccc(S(=O)(=O)NC[C@@H]2CCCN2CC[C@H](N)Cc2ccccc2F)c1. The average molecular weight is 484 g/mol. The van der Waals surface area contributed by atoms with Crippen LogP contribution in [0.4, 0.5) is 4.39 Å². The lowest BCUT2D eigenvalue weighted by atomic mass is 10.0. The van der Waals surface area contributed by atoms with E-state index in [4.69, 9.17) is 5.73 Å². The van der Waals surface area contributed by atoms with E-state index in [1.807, 2.05) is 0 Å². The molecule has 1 heterocycles.